The number of nitriles is 1. The van der Waals surface area contributed by atoms with Crippen molar-refractivity contribution < 1.29 is 0 Å². The van der Waals surface area contributed by atoms with Gasteiger partial charge < -0.3 is 0 Å². The van der Waals surface area contributed by atoms with Crippen LogP contribution in [0.1, 0.15) is 11.1 Å². The van der Waals surface area contributed by atoms with E-state index in [9.17, 15) is 0 Å². The Bertz CT molecular complexity index is 304. The third kappa shape index (κ3) is 1.94. The number of nitrogens with zero attached hydrogens (tertiary/aromatic N) is 1. The third-order valence-electron chi connectivity index (χ3n) is 1.36. The standard InChI is InChI=1S/C8H5BrIN/c1-5-2-6(10)3-8(9)7(5)4-11/h2-3H,1H3. The van der Waals surface area contributed by atoms with E-state index in [2.05, 4.69) is 44.6 Å². The summed E-state index contributed by atoms with van der Waals surface area (Å²) in [6, 6.07) is 6.07. The van der Waals surface area contributed by atoms with Gasteiger partial charge in [-0.2, -0.15) is 5.26 Å². The van der Waals surface area contributed by atoms with Gasteiger partial charge in [0.15, 0.2) is 0 Å². The first kappa shape index (κ1) is 9.01. The van der Waals surface area contributed by atoms with Gasteiger partial charge in [0.1, 0.15) is 6.07 Å². The monoisotopic (exact) mass is 321 g/mol. The highest BCUT2D eigenvalue weighted by atomic mass is 127. The van der Waals surface area contributed by atoms with Crippen LogP contribution >= 0.6 is 38.5 Å². The molecule has 1 aromatic carbocycles. The zero-order valence-corrected chi connectivity index (χ0v) is 9.60. The molecule has 11 heavy (non-hydrogen) atoms. The van der Waals surface area contributed by atoms with E-state index in [0.29, 0.717) is 0 Å². The van der Waals surface area contributed by atoms with E-state index >= 15 is 0 Å². The SMILES string of the molecule is Cc1cc(I)cc(Br)c1C#N. The third-order valence-corrected chi connectivity index (χ3v) is 2.61. The molecule has 0 fully saturated rings. The van der Waals surface area contributed by atoms with Gasteiger partial charge in [-0.3, -0.25) is 0 Å². The molecule has 0 aliphatic heterocycles. The van der Waals surface area contributed by atoms with Crippen LogP contribution in [0.5, 0.6) is 0 Å². The first-order chi connectivity index (χ1) is 5.15. The molecule has 0 atom stereocenters. The summed E-state index contributed by atoms with van der Waals surface area (Å²) in [5.74, 6) is 0. The van der Waals surface area contributed by atoms with Crippen molar-refractivity contribution in [3.63, 3.8) is 0 Å². The summed E-state index contributed by atoms with van der Waals surface area (Å²) in [5, 5.41) is 8.71. The van der Waals surface area contributed by atoms with Crippen molar-refractivity contribution in [2.24, 2.45) is 0 Å². The maximum atomic E-state index is 8.71. The summed E-state index contributed by atoms with van der Waals surface area (Å²) in [6.45, 7) is 1.94. The maximum absolute atomic E-state index is 8.71. The predicted octanol–water partition coefficient (Wildman–Crippen LogP) is 3.23. The van der Waals surface area contributed by atoms with Crippen LogP contribution in [0, 0.1) is 21.8 Å². The van der Waals surface area contributed by atoms with E-state index in [1.165, 1.54) is 0 Å². The highest BCUT2D eigenvalue weighted by Gasteiger charge is 2.02. The molecule has 0 radical (unpaired) electrons. The molecule has 0 saturated carbocycles. The molecule has 0 bridgehead atoms. The Morgan fingerprint density at radius 2 is 2.18 bits per heavy atom. The van der Waals surface area contributed by atoms with Crippen LogP contribution in [0.15, 0.2) is 16.6 Å². The van der Waals surface area contributed by atoms with E-state index in [1.807, 2.05) is 19.1 Å². The van der Waals surface area contributed by atoms with Gasteiger partial charge in [0.05, 0.1) is 5.56 Å². The van der Waals surface area contributed by atoms with Gasteiger partial charge >= 0.3 is 0 Å². The van der Waals surface area contributed by atoms with Crippen molar-refractivity contribution in [2.45, 2.75) is 6.92 Å². The molecule has 0 aliphatic rings. The van der Waals surface area contributed by atoms with Crippen molar-refractivity contribution in [2.75, 3.05) is 0 Å². The van der Waals surface area contributed by atoms with Crippen molar-refractivity contribution in [1.29, 1.82) is 5.26 Å². The minimum Gasteiger partial charge on any atom is -0.192 e. The lowest BCUT2D eigenvalue weighted by molar-refractivity contribution is 1.36. The second-order valence-corrected chi connectivity index (χ2v) is 4.29. The predicted molar refractivity (Wildman–Crippen MR) is 56.3 cm³/mol. The van der Waals surface area contributed by atoms with Crippen LogP contribution in [0.3, 0.4) is 0 Å². The lowest BCUT2D eigenvalue weighted by Crippen LogP contribution is -1.85. The van der Waals surface area contributed by atoms with Crippen LogP contribution in [0.2, 0.25) is 0 Å². The fourth-order valence-electron chi connectivity index (χ4n) is 0.844. The zero-order valence-electron chi connectivity index (χ0n) is 5.86. The molecule has 1 nitrogen and oxygen atoms in total. The molecular formula is C8H5BrIN. The summed E-state index contributed by atoms with van der Waals surface area (Å²) in [5.41, 5.74) is 1.75. The molecule has 3 heteroatoms. The van der Waals surface area contributed by atoms with Crippen molar-refractivity contribution in [3.05, 3.63) is 31.3 Å². The summed E-state index contributed by atoms with van der Waals surface area (Å²) in [4.78, 5) is 0. The topological polar surface area (TPSA) is 23.8 Å². The molecule has 0 heterocycles. The molecule has 56 valence electrons. The van der Waals surface area contributed by atoms with Gasteiger partial charge in [-0.1, -0.05) is 0 Å². The molecule has 0 aliphatic carbocycles. The van der Waals surface area contributed by atoms with Gasteiger partial charge in [-0.25, -0.2) is 0 Å². The second-order valence-electron chi connectivity index (χ2n) is 2.19. The number of aryl methyl sites for hydroxylation is 1. The average Bonchev–Trinajstić information content (AvgIpc) is 1.85. The fourth-order valence-corrected chi connectivity index (χ4v) is 2.70. The van der Waals surface area contributed by atoms with Crippen molar-refractivity contribution in [1.82, 2.24) is 0 Å². The van der Waals surface area contributed by atoms with Gasteiger partial charge in [0, 0.05) is 8.04 Å². The molecule has 0 N–H and O–H groups in total. The Morgan fingerprint density at radius 1 is 1.55 bits per heavy atom. The van der Waals surface area contributed by atoms with Crippen molar-refractivity contribution >= 4 is 38.5 Å². The highest BCUT2D eigenvalue weighted by molar-refractivity contribution is 14.1. The van der Waals surface area contributed by atoms with E-state index in [4.69, 9.17) is 5.26 Å². The summed E-state index contributed by atoms with van der Waals surface area (Å²) in [7, 11) is 0. The lowest BCUT2D eigenvalue weighted by atomic mass is 10.1. The van der Waals surface area contributed by atoms with Gasteiger partial charge in [-0.15, -0.1) is 0 Å². The molecule has 1 rings (SSSR count). The summed E-state index contributed by atoms with van der Waals surface area (Å²) in [6.07, 6.45) is 0. The second kappa shape index (κ2) is 3.55. The Morgan fingerprint density at radius 3 is 2.64 bits per heavy atom. The normalized spacial score (nSPS) is 9.27. The van der Waals surface area contributed by atoms with E-state index in [0.717, 1.165) is 19.2 Å². The zero-order chi connectivity index (χ0) is 8.43. The number of rotatable bonds is 0. The minimum absolute atomic E-state index is 0.727. The van der Waals surface area contributed by atoms with Gasteiger partial charge in [-0.05, 0) is 63.1 Å². The number of hydrogen-bond donors (Lipinski definition) is 0. The fraction of sp³-hybridized carbons (Fsp3) is 0.125. The number of hydrogen-bond acceptors (Lipinski definition) is 1. The average molecular weight is 322 g/mol. The highest BCUT2D eigenvalue weighted by Crippen LogP contribution is 2.22. The summed E-state index contributed by atoms with van der Waals surface area (Å²) >= 11 is 5.56. The van der Waals surface area contributed by atoms with E-state index in [-0.39, 0.29) is 0 Å². The largest absolute Gasteiger partial charge is 0.192 e. The smallest absolute Gasteiger partial charge is 0.101 e. The Hall–Kier alpha value is -0.0800. The number of benzene rings is 1. The summed E-state index contributed by atoms with van der Waals surface area (Å²) < 4.78 is 2.02. The maximum Gasteiger partial charge on any atom is 0.101 e. The van der Waals surface area contributed by atoms with Crippen LogP contribution in [-0.2, 0) is 0 Å². The van der Waals surface area contributed by atoms with Crippen LogP contribution in [-0.4, -0.2) is 0 Å². The van der Waals surface area contributed by atoms with Gasteiger partial charge in [0.25, 0.3) is 0 Å². The first-order valence-electron chi connectivity index (χ1n) is 3.01. The quantitative estimate of drug-likeness (QED) is 0.673. The molecule has 0 unspecified atom stereocenters. The number of halogens is 2. The van der Waals surface area contributed by atoms with E-state index < -0.39 is 0 Å². The van der Waals surface area contributed by atoms with E-state index in [1.54, 1.807) is 0 Å². The molecular weight excluding hydrogens is 317 g/mol. The lowest BCUT2D eigenvalue weighted by Gasteiger charge is -2.00. The molecule has 0 spiro atoms. The van der Waals surface area contributed by atoms with Gasteiger partial charge in [0.2, 0.25) is 0 Å². The van der Waals surface area contributed by atoms with Crippen LogP contribution in [0.4, 0.5) is 0 Å². The minimum atomic E-state index is 0.727. The molecule has 1 aromatic rings. The molecule has 0 aromatic heterocycles. The Balaban J connectivity index is 3.40. The first-order valence-corrected chi connectivity index (χ1v) is 4.88. The Kier molecular flexibility index (Phi) is 2.90. The van der Waals surface area contributed by atoms with Crippen molar-refractivity contribution in [3.8, 4) is 6.07 Å². The van der Waals surface area contributed by atoms with Crippen LogP contribution in [0.25, 0.3) is 0 Å². The Labute approximate surface area is 87.7 Å². The molecule has 0 saturated heterocycles. The van der Waals surface area contributed by atoms with Crippen LogP contribution < -0.4 is 0 Å². The molecule has 0 amide bonds.